The average Bonchev–Trinajstić information content (AvgIpc) is 2.78. The zero-order chi connectivity index (χ0) is 13.2. The first-order valence-corrected chi connectivity index (χ1v) is 6.55. The minimum Gasteiger partial charge on any atom is -0.356 e. The van der Waals surface area contributed by atoms with E-state index in [1.54, 1.807) is 13.4 Å². The summed E-state index contributed by atoms with van der Waals surface area (Å²) in [6, 6.07) is 0. The smallest absolute Gasteiger partial charge is 0.191 e. The zero-order valence-corrected chi connectivity index (χ0v) is 11.6. The lowest BCUT2D eigenvalue weighted by atomic mass is 10.2. The fraction of sp³-hybridized carbons (Fsp3) is 0.750. The molecular formula is C12H24N6. The van der Waals surface area contributed by atoms with E-state index in [0.29, 0.717) is 6.54 Å². The van der Waals surface area contributed by atoms with Crippen LogP contribution in [0.2, 0.25) is 0 Å². The molecule has 0 unspecified atom stereocenters. The van der Waals surface area contributed by atoms with Crippen LogP contribution >= 0.6 is 0 Å². The second-order valence-corrected chi connectivity index (χ2v) is 4.27. The summed E-state index contributed by atoms with van der Waals surface area (Å²) in [4.78, 5) is 4.17. The molecule has 0 fully saturated rings. The predicted molar refractivity (Wildman–Crippen MR) is 73.3 cm³/mol. The lowest BCUT2D eigenvalue weighted by Crippen LogP contribution is -2.37. The SMILES string of the molecule is CCCCCCNC(=NC)NCc1nncn1C. The molecule has 6 heteroatoms. The number of rotatable bonds is 7. The fourth-order valence-corrected chi connectivity index (χ4v) is 1.61. The Hall–Kier alpha value is -1.59. The minimum atomic E-state index is 0.630. The highest BCUT2D eigenvalue weighted by Gasteiger charge is 2.02. The van der Waals surface area contributed by atoms with E-state index in [0.717, 1.165) is 18.3 Å². The van der Waals surface area contributed by atoms with Gasteiger partial charge in [-0.1, -0.05) is 26.2 Å². The third kappa shape index (κ3) is 5.16. The van der Waals surface area contributed by atoms with E-state index in [1.165, 1.54) is 25.7 Å². The van der Waals surface area contributed by atoms with Crippen LogP contribution in [0.1, 0.15) is 38.4 Å². The first kappa shape index (κ1) is 14.5. The summed E-state index contributed by atoms with van der Waals surface area (Å²) in [7, 11) is 3.70. The van der Waals surface area contributed by atoms with Gasteiger partial charge in [-0.3, -0.25) is 4.99 Å². The van der Waals surface area contributed by atoms with Gasteiger partial charge in [0.25, 0.3) is 0 Å². The Kier molecular flexibility index (Phi) is 6.83. The highest BCUT2D eigenvalue weighted by molar-refractivity contribution is 5.79. The van der Waals surface area contributed by atoms with Crippen molar-refractivity contribution in [1.82, 2.24) is 25.4 Å². The Morgan fingerprint density at radius 2 is 2.17 bits per heavy atom. The Morgan fingerprint density at radius 3 is 2.78 bits per heavy atom. The molecule has 1 rings (SSSR count). The highest BCUT2D eigenvalue weighted by Crippen LogP contribution is 1.97. The average molecular weight is 252 g/mol. The van der Waals surface area contributed by atoms with Crippen LogP contribution in [-0.2, 0) is 13.6 Å². The summed E-state index contributed by atoms with van der Waals surface area (Å²) >= 11 is 0. The molecule has 0 bridgehead atoms. The lowest BCUT2D eigenvalue weighted by Gasteiger charge is -2.11. The Morgan fingerprint density at radius 1 is 1.33 bits per heavy atom. The first-order valence-electron chi connectivity index (χ1n) is 6.55. The van der Waals surface area contributed by atoms with Gasteiger partial charge in [0.15, 0.2) is 11.8 Å². The molecule has 0 atom stereocenters. The number of guanidine groups is 1. The number of aromatic nitrogens is 3. The number of nitrogens with zero attached hydrogens (tertiary/aromatic N) is 4. The molecule has 0 aliphatic carbocycles. The van der Waals surface area contributed by atoms with E-state index in [9.17, 15) is 0 Å². The first-order chi connectivity index (χ1) is 8.77. The van der Waals surface area contributed by atoms with E-state index < -0.39 is 0 Å². The molecule has 0 radical (unpaired) electrons. The summed E-state index contributed by atoms with van der Waals surface area (Å²) < 4.78 is 1.89. The maximum Gasteiger partial charge on any atom is 0.191 e. The maximum absolute atomic E-state index is 4.17. The molecule has 1 aromatic heterocycles. The maximum atomic E-state index is 4.17. The molecule has 0 amide bonds. The zero-order valence-electron chi connectivity index (χ0n) is 11.6. The van der Waals surface area contributed by atoms with Crippen molar-refractivity contribution in [2.45, 2.75) is 39.2 Å². The van der Waals surface area contributed by atoms with Gasteiger partial charge in [0.05, 0.1) is 6.54 Å². The number of nitrogens with one attached hydrogen (secondary N) is 2. The topological polar surface area (TPSA) is 67.1 Å². The van der Waals surface area contributed by atoms with Crippen LogP contribution in [0.5, 0.6) is 0 Å². The quantitative estimate of drug-likeness (QED) is 0.432. The molecular weight excluding hydrogens is 228 g/mol. The van der Waals surface area contributed by atoms with Crippen LogP contribution in [0, 0.1) is 0 Å². The van der Waals surface area contributed by atoms with E-state index >= 15 is 0 Å². The summed E-state index contributed by atoms with van der Waals surface area (Å²) in [5.74, 6) is 1.71. The Labute approximate surface area is 109 Å². The van der Waals surface area contributed by atoms with Gasteiger partial charge < -0.3 is 15.2 Å². The summed E-state index contributed by atoms with van der Waals surface area (Å²) in [6.45, 7) is 3.80. The minimum absolute atomic E-state index is 0.630. The third-order valence-electron chi connectivity index (χ3n) is 2.77. The Bertz CT molecular complexity index is 357. The van der Waals surface area contributed by atoms with E-state index in [-0.39, 0.29) is 0 Å². The largest absolute Gasteiger partial charge is 0.356 e. The van der Waals surface area contributed by atoms with Gasteiger partial charge in [-0.2, -0.15) is 0 Å². The van der Waals surface area contributed by atoms with Crippen molar-refractivity contribution in [3.63, 3.8) is 0 Å². The van der Waals surface area contributed by atoms with Gasteiger partial charge in [0.2, 0.25) is 0 Å². The molecule has 0 spiro atoms. The molecule has 0 aliphatic rings. The van der Waals surface area contributed by atoms with Crippen LogP contribution in [-0.4, -0.2) is 34.3 Å². The van der Waals surface area contributed by atoms with Crippen LogP contribution in [0.4, 0.5) is 0 Å². The fourth-order valence-electron chi connectivity index (χ4n) is 1.61. The highest BCUT2D eigenvalue weighted by atomic mass is 15.3. The molecule has 2 N–H and O–H groups in total. The molecule has 6 nitrogen and oxygen atoms in total. The van der Waals surface area contributed by atoms with Crippen LogP contribution in [0.15, 0.2) is 11.3 Å². The number of hydrogen-bond acceptors (Lipinski definition) is 3. The van der Waals surface area contributed by atoms with Crippen molar-refractivity contribution >= 4 is 5.96 Å². The van der Waals surface area contributed by atoms with E-state index in [2.05, 4.69) is 32.7 Å². The van der Waals surface area contributed by atoms with Gasteiger partial charge in [-0.25, -0.2) is 0 Å². The van der Waals surface area contributed by atoms with Gasteiger partial charge in [0.1, 0.15) is 6.33 Å². The predicted octanol–water partition coefficient (Wildman–Crippen LogP) is 1.06. The van der Waals surface area contributed by atoms with Gasteiger partial charge in [-0.05, 0) is 6.42 Å². The van der Waals surface area contributed by atoms with Crippen molar-refractivity contribution in [2.24, 2.45) is 12.0 Å². The van der Waals surface area contributed by atoms with Crippen LogP contribution < -0.4 is 10.6 Å². The lowest BCUT2D eigenvalue weighted by molar-refractivity contribution is 0.643. The van der Waals surface area contributed by atoms with Gasteiger partial charge in [-0.15, -0.1) is 10.2 Å². The van der Waals surface area contributed by atoms with Crippen molar-refractivity contribution in [3.05, 3.63) is 12.2 Å². The second-order valence-electron chi connectivity index (χ2n) is 4.27. The van der Waals surface area contributed by atoms with E-state index in [4.69, 9.17) is 0 Å². The van der Waals surface area contributed by atoms with Crippen LogP contribution in [0.25, 0.3) is 0 Å². The second kappa shape index (κ2) is 8.49. The number of unbranched alkanes of at least 4 members (excludes halogenated alkanes) is 3. The molecule has 0 saturated carbocycles. The standard InChI is InChI=1S/C12H24N6/c1-4-5-6-7-8-14-12(13-2)15-9-11-17-16-10-18(11)3/h10H,4-9H2,1-3H3,(H2,13,14,15). The van der Waals surface area contributed by atoms with Crippen molar-refractivity contribution in [1.29, 1.82) is 0 Å². The summed E-state index contributed by atoms with van der Waals surface area (Å²) in [5.41, 5.74) is 0. The number of aliphatic imine (C=N–C) groups is 1. The Balaban J connectivity index is 2.20. The molecule has 1 heterocycles. The van der Waals surface area contributed by atoms with Gasteiger partial charge >= 0.3 is 0 Å². The molecule has 102 valence electrons. The molecule has 0 saturated heterocycles. The molecule has 1 aromatic rings. The van der Waals surface area contributed by atoms with Gasteiger partial charge in [0, 0.05) is 20.6 Å². The molecule has 0 aromatic carbocycles. The monoisotopic (exact) mass is 252 g/mol. The number of aryl methyl sites for hydroxylation is 1. The third-order valence-corrected chi connectivity index (χ3v) is 2.77. The number of hydrogen-bond donors (Lipinski definition) is 2. The normalized spacial score (nSPS) is 11.6. The van der Waals surface area contributed by atoms with E-state index in [1.807, 2.05) is 11.6 Å². The molecule has 18 heavy (non-hydrogen) atoms. The van der Waals surface area contributed by atoms with Crippen molar-refractivity contribution < 1.29 is 0 Å². The summed E-state index contributed by atoms with van der Waals surface area (Å²) in [6.07, 6.45) is 6.70. The summed E-state index contributed by atoms with van der Waals surface area (Å²) in [5, 5.41) is 14.4. The molecule has 0 aliphatic heterocycles. The van der Waals surface area contributed by atoms with Crippen molar-refractivity contribution in [2.75, 3.05) is 13.6 Å². The van der Waals surface area contributed by atoms with Crippen molar-refractivity contribution in [3.8, 4) is 0 Å². The van der Waals surface area contributed by atoms with Crippen LogP contribution in [0.3, 0.4) is 0 Å².